The van der Waals surface area contributed by atoms with Crippen molar-refractivity contribution in [3.63, 3.8) is 0 Å². The van der Waals surface area contributed by atoms with E-state index in [4.69, 9.17) is 5.11 Å². The molecule has 0 aromatic rings. The van der Waals surface area contributed by atoms with Crippen LogP contribution in [0, 0.1) is 0 Å². The van der Waals surface area contributed by atoms with Gasteiger partial charge in [0.15, 0.2) is 5.37 Å². The number of sulfonamides is 1. The van der Waals surface area contributed by atoms with Gasteiger partial charge >= 0.3 is 12.1 Å². The number of halogens is 3. The molecule has 2 atom stereocenters. The number of carboxylic acid groups (broad SMARTS) is 1. The van der Waals surface area contributed by atoms with Gasteiger partial charge in [-0.15, -0.1) is 11.8 Å². The molecular weight excluding hydrogens is 271 g/mol. The molecular formula is C6H8F3NO4S2. The minimum Gasteiger partial charge on any atom is -0.480 e. The monoisotopic (exact) mass is 279 g/mol. The van der Waals surface area contributed by atoms with Gasteiger partial charge in [-0.3, -0.25) is 4.79 Å². The Morgan fingerprint density at radius 1 is 1.50 bits per heavy atom. The number of rotatable bonds is 2. The average molecular weight is 279 g/mol. The number of nitrogens with zero attached hydrogens (tertiary/aromatic N) is 1. The first-order chi connectivity index (χ1) is 7.05. The molecule has 5 nitrogen and oxygen atoms in total. The Bertz CT molecular complexity index is 393. The summed E-state index contributed by atoms with van der Waals surface area (Å²) < 4.78 is 59.7. The van der Waals surface area contributed by atoms with Crippen molar-refractivity contribution >= 4 is 27.8 Å². The van der Waals surface area contributed by atoms with Gasteiger partial charge in [-0.1, -0.05) is 0 Å². The van der Waals surface area contributed by atoms with Gasteiger partial charge in [0.25, 0.3) is 0 Å². The summed E-state index contributed by atoms with van der Waals surface area (Å²) in [4.78, 5) is 10.6. The molecule has 0 saturated carbocycles. The minimum absolute atomic E-state index is 0. The zero-order chi connectivity index (χ0) is 12.7. The van der Waals surface area contributed by atoms with Crippen LogP contribution in [-0.2, 0) is 14.8 Å². The van der Waals surface area contributed by atoms with Crippen molar-refractivity contribution in [2.24, 2.45) is 0 Å². The number of hydrogen-bond donors (Lipinski definition) is 1. The van der Waals surface area contributed by atoms with Gasteiger partial charge in [0.2, 0.25) is 10.0 Å². The van der Waals surface area contributed by atoms with E-state index in [0.717, 1.165) is 0 Å². The standard InChI is InChI=1S/C6H8F3NO4S2/c1-16(13,14)10-3(4(11)12)2-15-5(10)6(7,8)9/h3,5H,2H2,1H3,(H,11,12)/t3-,5+/m0/s1. The van der Waals surface area contributed by atoms with Crippen LogP contribution >= 0.6 is 11.8 Å². The van der Waals surface area contributed by atoms with Crippen LogP contribution in [0.25, 0.3) is 0 Å². The summed E-state index contributed by atoms with van der Waals surface area (Å²) in [5.74, 6) is -1.99. The molecule has 0 radical (unpaired) electrons. The summed E-state index contributed by atoms with van der Waals surface area (Å²) in [6, 6.07) is -1.66. The van der Waals surface area contributed by atoms with Crippen LogP contribution in [0.15, 0.2) is 0 Å². The Kier molecular flexibility index (Phi) is 3.46. The fraction of sp³-hybridized carbons (Fsp3) is 0.833. The van der Waals surface area contributed by atoms with E-state index >= 15 is 0 Å². The van der Waals surface area contributed by atoms with Crippen molar-refractivity contribution in [3.05, 3.63) is 0 Å². The summed E-state index contributed by atoms with van der Waals surface area (Å²) >= 11 is 0.262. The molecule has 0 unspecified atom stereocenters. The number of carbonyl (C=O) groups is 1. The van der Waals surface area contributed by atoms with Crippen LogP contribution in [0.1, 0.15) is 0 Å². The van der Waals surface area contributed by atoms with Crippen LogP contribution in [0.2, 0.25) is 0 Å². The number of aliphatic carboxylic acids is 1. The fourth-order valence-electron chi connectivity index (χ4n) is 1.32. The van der Waals surface area contributed by atoms with E-state index in [0.29, 0.717) is 6.26 Å². The van der Waals surface area contributed by atoms with Gasteiger partial charge in [-0.05, 0) is 0 Å². The van der Waals surface area contributed by atoms with Gasteiger partial charge in [0.05, 0.1) is 6.26 Å². The maximum Gasteiger partial charge on any atom is 0.414 e. The molecule has 1 N–H and O–H groups in total. The lowest BCUT2D eigenvalue weighted by Crippen LogP contribution is -2.49. The molecule has 0 aromatic heterocycles. The summed E-state index contributed by atoms with van der Waals surface area (Å²) in [5.41, 5.74) is 0. The zero-order valence-corrected chi connectivity index (χ0v) is 9.56. The third-order valence-electron chi connectivity index (χ3n) is 1.90. The van der Waals surface area contributed by atoms with E-state index in [1.807, 2.05) is 0 Å². The molecule has 0 spiro atoms. The molecule has 1 heterocycles. The highest BCUT2D eigenvalue weighted by Crippen LogP contribution is 2.41. The topological polar surface area (TPSA) is 74.7 Å². The maximum atomic E-state index is 12.5. The molecule has 0 bridgehead atoms. The molecule has 1 fully saturated rings. The molecule has 0 amide bonds. The zero-order valence-electron chi connectivity index (χ0n) is 7.93. The average Bonchev–Trinajstić information content (AvgIpc) is 2.43. The summed E-state index contributed by atoms with van der Waals surface area (Å²) in [6.45, 7) is 0. The first-order valence-corrected chi connectivity index (χ1v) is 6.84. The van der Waals surface area contributed by atoms with Crippen LogP contribution < -0.4 is 0 Å². The number of hydrogen-bond acceptors (Lipinski definition) is 4. The molecule has 1 rings (SSSR count). The van der Waals surface area contributed by atoms with Crippen molar-refractivity contribution in [1.29, 1.82) is 0 Å². The van der Waals surface area contributed by atoms with E-state index in [2.05, 4.69) is 0 Å². The summed E-state index contributed by atoms with van der Waals surface area (Å²) in [7, 11) is -4.22. The molecule has 16 heavy (non-hydrogen) atoms. The molecule has 10 heteroatoms. The smallest absolute Gasteiger partial charge is 0.414 e. The van der Waals surface area contributed by atoms with Gasteiger partial charge in [-0.2, -0.15) is 17.5 Å². The van der Waals surface area contributed by atoms with Crippen LogP contribution in [0.5, 0.6) is 0 Å². The van der Waals surface area contributed by atoms with Crippen molar-refractivity contribution in [3.8, 4) is 0 Å². The van der Waals surface area contributed by atoms with E-state index in [9.17, 15) is 26.4 Å². The van der Waals surface area contributed by atoms with Gasteiger partial charge < -0.3 is 5.11 Å². The van der Waals surface area contributed by atoms with E-state index in [1.54, 1.807) is 0 Å². The SMILES string of the molecule is CS(=O)(=O)N1[C@H](C(=O)O)CS[C@@H]1C(F)(F)F. The molecule has 0 aromatic carbocycles. The number of alkyl halides is 3. The summed E-state index contributed by atoms with van der Waals surface area (Å²) in [6.07, 6.45) is -4.22. The number of carboxylic acids is 1. The maximum absolute atomic E-state index is 12.5. The fourth-order valence-corrected chi connectivity index (χ4v) is 4.31. The highest BCUT2D eigenvalue weighted by atomic mass is 32.2. The van der Waals surface area contributed by atoms with Crippen LogP contribution in [0.3, 0.4) is 0 Å². The Morgan fingerprint density at radius 2 is 2.00 bits per heavy atom. The lowest BCUT2D eigenvalue weighted by atomic mass is 10.3. The molecule has 94 valence electrons. The molecule has 1 saturated heterocycles. The number of thioether (sulfide) groups is 1. The van der Waals surface area contributed by atoms with E-state index < -0.39 is 39.3 Å². The first-order valence-electron chi connectivity index (χ1n) is 3.95. The van der Waals surface area contributed by atoms with Gasteiger partial charge in [0, 0.05) is 5.75 Å². The predicted octanol–water partition coefficient (Wildman–Crippen LogP) is 0.336. The van der Waals surface area contributed by atoms with E-state index in [1.165, 1.54) is 0 Å². The first kappa shape index (κ1) is 13.6. The van der Waals surface area contributed by atoms with Gasteiger partial charge in [-0.25, -0.2) is 8.42 Å². The molecule has 1 aliphatic rings. The van der Waals surface area contributed by atoms with Crippen LogP contribution in [0.4, 0.5) is 13.2 Å². The third-order valence-corrected chi connectivity index (χ3v) is 4.58. The Labute approximate surface area is 93.7 Å². The van der Waals surface area contributed by atoms with Crippen molar-refractivity contribution < 1.29 is 31.5 Å². The van der Waals surface area contributed by atoms with Crippen LogP contribution in [-0.4, -0.2) is 53.4 Å². The second-order valence-electron chi connectivity index (χ2n) is 3.17. The van der Waals surface area contributed by atoms with Crippen molar-refractivity contribution in [2.75, 3.05) is 12.0 Å². The second-order valence-corrected chi connectivity index (χ2v) is 6.18. The Balaban J connectivity index is 3.13. The Hall–Kier alpha value is -0.480. The highest BCUT2D eigenvalue weighted by molar-refractivity contribution is 8.01. The lowest BCUT2D eigenvalue weighted by molar-refractivity contribution is -0.155. The highest BCUT2D eigenvalue weighted by Gasteiger charge is 2.55. The quantitative estimate of drug-likeness (QED) is 0.788. The second kappa shape index (κ2) is 4.08. The third kappa shape index (κ3) is 2.61. The molecule has 0 aliphatic carbocycles. The minimum atomic E-state index is -4.78. The van der Waals surface area contributed by atoms with Gasteiger partial charge in [0.1, 0.15) is 6.04 Å². The predicted molar refractivity (Wildman–Crippen MR) is 50.4 cm³/mol. The Morgan fingerprint density at radius 3 is 2.31 bits per heavy atom. The van der Waals surface area contributed by atoms with E-state index in [-0.39, 0.29) is 16.1 Å². The molecule has 1 aliphatic heterocycles. The van der Waals surface area contributed by atoms with Crippen molar-refractivity contribution in [1.82, 2.24) is 4.31 Å². The largest absolute Gasteiger partial charge is 0.480 e. The van der Waals surface area contributed by atoms with Crippen molar-refractivity contribution in [2.45, 2.75) is 17.6 Å². The normalized spacial score (nSPS) is 28.2. The summed E-state index contributed by atoms with van der Waals surface area (Å²) in [5, 5.41) is 6.33. The lowest BCUT2D eigenvalue weighted by Gasteiger charge is -2.25.